The van der Waals surface area contributed by atoms with E-state index in [1.165, 1.54) is 0 Å². The Kier molecular flexibility index (Phi) is 8.12. The fourth-order valence-corrected chi connectivity index (χ4v) is 2.68. The molecule has 0 aliphatic rings. The van der Waals surface area contributed by atoms with Gasteiger partial charge in [0.1, 0.15) is 5.75 Å². The third-order valence-electron chi connectivity index (χ3n) is 4.09. The van der Waals surface area contributed by atoms with E-state index in [4.69, 9.17) is 9.47 Å². The average molecular weight is 363 g/mol. The predicted molar refractivity (Wildman–Crippen MR) is 106 cm³/mol. The van der Waals surface area contributed by atoms with Crippen LogP contribution >= 0.6 is 0 Å². The summed E-state index contributed by atoms with van der Waals surface area (Å²) in [6, 6.07) is 17.6. The van der Waals surface area contributed by atoms with Crippen LogP contribution in [-0.4, -0.2) is 19.2 Å². The number of ether oxygens (including phenoxy) is 2. The molecule has 0 atom stereocenters. The average Bonchev–Trinajstić information content (AvgIpc) is 2.70. The maximum absolute atomic E-state index is 11.3. The van der Waals surface area contributed by atoms with Crippen LogP contribution in [0.15, 0.2) is 60.7 Å². The fraction of sp³-hybridized carbons (Fsp3) is 0.304. The number of nitrogens with zero attached hydrogens (tertiary/aromatic N) is 1. The van der Waals surface area contributed by atoms with E-state index in [1.807, 2.05) is 42.5 Å². The molecule has 2 aromatic rings. The summed E-state index contributed by atoms with van der Waals surface area (Å²) in [5, 5.41) is 9.42. The third kappa shape index (κ3) is 6.31. The van der Waals surface area contributed by atoms with Crippen LogP contribution in [0, 0.1) is 11.3 Å². The third-order valence-corrected chi connectivity index (χ3v) is 4.09. The highest BCUT2D eigenvalue weighted by molar-refractivity contribution is 5.86. The predicted octanol–water partition coefficient (Wildman–Crippen LogP) is 5.28. The molecule has 0 fully saturated rings. The van der Waals surface area contributed by atoms with E-state index in [2.05, 4.69) is 12.6 Å². The molecule has 2 rings (SSSR count). The highest BCUT2D eigenvalue weighted by Crippen LogP contribution is 2.33. The lowest BCUT2D eigenvalue weighted by molar-refractivity contribution is -0.139. The summed E-state index contributed by atoms with van der Waals surface area (Å²) in [5.74, 6) is 0.403. The van der Waals surface area contributed by atoms with E-state index < -0.39 is 0 Å². The smallest absolute Gasteiger partial charge is 0.333 e. The first-order valence-electron chi connectivity index (χ1n) is 9.17. The lowest BCUT2D eigenvalue weighted by atomic mass is 9.99. The molecule has 0 saturated carbocycles. The quantitative estimate of drug-likeness (QED) is 0.327. The highest BCUT2D eigenvalue weighted by Gasteiger charge is 2.11. The summed E-state index contributed by atoms with van der Waals surface area (Å²) in [7, 11) is 0. The first-order valence-corrected chi connectivity index (χ1v) is 9.17. The van der Waals surface area contributed by atoms with Crippen molar-refractivity contribution >= 4 is 5.97 Å². The van der Waals surface area contributed by atoms with Gasteiger partial charge in [0.2, 0.25) is 0 Å². The number of esters is 1. The minimum atomic E-state index is -0.329. The van der Waals surface area contributed by atoms with Crippen molar-refractivity contribution in [3.05, 3.63) is 66.2 Å². The molecule has 140 valence electrons. The molecule has 0 aromatic heterocycles. The number of unbranched alkanes of at least 4 members (excludes halogenated alkanes) is 3. The zero-order valence-electron chi connectivity index (χ0n) is 15.7. The van der Waals surface area contributed by atoms with Gasteiger partial charge in [-0.15, -0.1) is 0 Å². The number of nitriles is 1. The van der Waals surface area contributed by atoms with Gasteiger partial charge in [0.25, 0.3) is 0 Å². The molecule has 0 unspecified atom stereocenters. The number of carbonyl (C=O) groups excluding carboxylic acids is 1. The minimum Gasteiger partial charge on any atom is -0.493 e. The Hall–Kier alpha value is -3.06. The van der Waals surface area contributed by atoms with Gasteiger partial charge >= 0.3 is 5.97 Å². The second-order valence-electron chi connectivity index (χ2n) is 6.34. The van der Waals surface area contributed by atoms with E-state index in [-0.39, 0.29) is 5.97 Å². The van der Waals surface area contributed by atoms with Gasteiger partial charge in [0.05, 0.1) is 24.8 Å². The molecule has 0 radical (unpaired) electrons. The Morgan fingerprint density at radius 2 is 1.70 bits per heavy atom. The van der Waals surface area contributed by atoms with Crippen molar-refractivity contribution in [1.82, 2.24) is 0 Å². The molecule has 0 N–H and O–H groups in total. The van der Waals surface area contributed by atoms with Gasteiger partial charge in [-0.2, -0.15) is 5.26 Å². The summed E-state index contributed by atoms with van der Waals surface area (Å²) in [6.45, 7) is 6.21. The van der Waals surface area contributed by atoms with Crippen LogP contribution in [0.3, 0.4) is 0 Å². The molecular weight excluding hydrogens is 338 g/mol. The maximum atomic E-state index is 11.3. The van der Waals surface area contributed by atoms with Crippen LogP contribution in [0.2, 0.25) is 0 Å². The SMILES string of the molecule is C=C(C)C(=O)OCCCCCCOc1cccc(C#N)c1-c1ccccc1. The molecule has 4 heteroatoms. The largest absolute Gasteiger partial charge is 0.493 e. The molecule has 4 nitrogen and oxygen atoms in total. The topological polar surface area (TPSA) is 59.3 Å². The van der Waals surface area contributed by atoms with Gasteiger partial charge in [-0.1, -0.05) is 43.0 Å². The zero-order chi connectivity index (χ0) is 19.5. The lowest BCUT2D eigenvalue weighted by Gasteiger charge is -2.13. The molecule has 0 amide bonds. The van der Waals surface area contributed by atoms with Gasteiger partial charge in [-0.05, 0) is 50.3 Å². The van der Waals surface area contributed by atoms with E-state index in [9.17, 15) is 10.1 Å². The van der Waals surface area contributed by atoms with Crippen molar-refractivity contribution < 1.29 is 14.3 Å². The van der Waals surface area contributed by atoms with E-state index in [1.54, 1.807) is 13.0 Å². The monoisotopic (exact) mass is 363 g/mol. The van der Waals surface area contributed by atoms with Crippen molar-refractivity contribution in [1.29, 1.82) is 5.26 Å². The van der Waals surface area contributed by atoms with Crippen LogP contribution in [0.1, 0.15) is 38.2 Å². The van der Waals surface area contributed by atoms with Gasteiger partial charge in [-0.25, -0.2) is 4.79 Å². The van der Waals surface area contributed by atoms with Crippen LogP contribution in [-0.2, 0) is 9.53 Å². The summed E-state index contributed by atoms with van der Waals surface area (Å²) < 4.78 is 11.0. The first kappa shape index (κ1) is 20.3. The van der Waals surface area contributed by atoms with E-state index >= 15 is 0 Å². The Morgan fingerprint density at radius 1 is 1.00 bits per heavy atom. The van der Waals surface area contributed by atoms with Gasteiger partial charge in [0, 0.05) is 11.1 Å². The molecule has 0 saturated heterocycles. The van der Waals surface area contributed by atoms with Crippen molar-refractivity contribution in [2.24, 2.45) is 0 Å². The van der Waals surface area contributed by atoms with Crippen LogP contribution in [0.25, 0.3) is 11.1 Å². The molecule has 0 heterocycles. The molecule has 0 aliphatic carbocycles. The Morgan fingerprint density at radius 3 is 2.37 bits per heavy atom. The first-order chi connectivity index (χ1) is 13.1. The Balaban J connectivity index is 1.81. The van der Waals surface area contributed by atoms with Crippen LogP contribution < -0.4 is 4.74 Å². The number of hydrogen-bond acceptors (Lipinski definition) is 4. The van der Waals surface area contributed by atoms with Gasteiger partial charge < -0.3 is 9.47 Å². The minimum absolute atomic E-state index is 0.329. The highest BCUT2D eigenvalue weighted by atomic mass is 16.5. The summed E-state index contributed by atoms with van der Waals surface area (Å²) in [4.78, 5) is 11.3. The molecule has 0 aliphatic heterocycles. The fourth-order valence-electron chi connectivity index (χ4n) is 2.68. The van der Waals surface area contributed by atoms with Crippen LogP contribution in [0.5, 0.6) is 5.75 Å². The van der Waals surface area contributed by atoms with Crippen molar-refractivity contribution in [3.8, 4) is 22.9 Å². The normalized spacial score (nSPS) is 10.1. The van der Waals surface area contributed by atoms with Gasteiger partial charge in [-0.3, -0.25) is 0 Å². The molecule has 0 bridgehead atoms. The van der Waals surface area contributed by atoms with Crippen molar-refractivity contribution in [2.45, 2.75) is 32.6 Å². The van der Waals surface area contributed by atoms with E-state index in [0.29, 0.717) is 24.4 Å². The number of carbonyl (C=O) groups is 1. The Bertz CT molecular complexity index is 806. The molecule has 27 heavy (non-hydrogen) atoms. The summed E-state index contributed by atoms with van der Waals surface area (Å²) >= 11 is 0. The second-order valence-corrected chi connectivity index (χ2v) is 6.34. The molecule has 2 aromatic carbocycles. The summed E-state index contributed by atoms with van der Waals surface area (Å²) in [6.07, 6.45) is 3.69. The van der Waals surface area contributed by atoms with Crippen molar-refractivity contribution in [3.63, 3.8) is 0 Å². The maximum Gasteiger partial charge on any atom is 0.333 e. The van der Waals surface area contributed by atoms with Crippen molar-refractivity contribution in [2.75, 3.05) is 13.2 Å². The second kappa shape index (κ2) is 10.8. The molecular formula is C23H25NO3. The van der Waals surface area contributed by atoms with Crippen LogP contribution in [0.4, 0.5) is 0 Å². The van der Waals surface area contributed by atoms with Gasteiger partial charge in [0.15, 0.2) is 0 Å². The lowest BCUT2D eigenvalue weighted by Crippen LogP contribution is -2.06. The number of hydrogen-bond donors (Lipinski definition) is 0. The van der Waals surface area contributed by atoms with E-state index in [0.717, 1.165) is 42.6 Å². The number of benzene rings is 2. The molecule has 0 spiro atoms. The standard InChI is InChI=1S/C23H25NO3/c1-18(2)23(25)27-16-9-4-3-8-15-26-21-14-10-13-20(17-24)22(21)19-11-6-5-7-12-19/h5-7,10-14H,1,3-4,8-9,15-16H2,2H3. The Labute approximate surface area is 161 Å². The zero-order valence-corrected chi connectivity index (χ0v) is 15.7. The number of rotatable bonds is 10. The summed E-state index contributed by atoms with van der Waals surface area (Å²) in [5.41, 5.74) is 2.85.